The van der Waals surface area contributed by atoms with E-state index < -0.39 is 23.3 Å². The van der Waals surface area contributed by atoms with Gasteiger partial charge in [-0.1, -0.05) is 60.7 Å². The summed E-state index contributed by atoms with van der Waals surface area (Å²) in [4.78, 5) is 51.7. The van der Waals surface area contributed by atoms with Gasteiger partial charge in [0.1, 0.15) is 22.0 Å². The number of fused-ring (bicyclic) bond motifs is 6. The Hall–Kier alpha value is -6.72. The summed E-state index contributed by atoms with van der Waals surface area (Å²) in [5, 5.41) is 3.44. The summed E-state index contributed by atoms with van der Waals surface area (Å²) in [6.07, 6.45) is 3.45. The fourth-order valence-electron chi connectivity index (χ4n) is 10.3. The lowest BCUT2D eigenvalue weighted by Gasteiger charge is -2.45. The van der Waals surface area contributed by atoms with Gasteiger partial charge in [0.15, 0.2) is 0 Å². The van der Waals surface area contributed by atoms with Crippen molar-refractivity contribution < 1.29 is 19.1 Å². The number of anilines is 4. The van der Waals surface area contributed by atoms with Crippen molar-refractivity contribution in [2.24, 2.45) is 0 Å². The molecule has 0 saturated carbocycles. The number of hydrogen-bond acceptors (Lipinski definition) is 8. The quantitative estimate of drug-likeness (QED) is 0.107. The van der Waals surface area contributed by atoms with Crippen LogP contribution in [0.1, 0.15) is 100 Å². The molecule has 1 spiro atoms. The second kappa shape index (κ2) is 15.9. The lowest BCUT2D eigenvalue weighted by Crippen LogP contribution is -2.55. The van der Waals surface area contributed by atoms with Crippen LogP contribution in [0.3, 0.4) is 0 Å². The minimum atomic E-state index is -1.08. The number of carbonyl (C=O) groups is 3. The van der Waals surface area contributed by atoms with Crippen LogP contribution in [0.25, 0.3) is 10.8 Å². The number of ether oxygens (including phenoxy) is 1. The molecule has 4 aliphatic heterocycles. The molecule has 11 heteroatoms. The number of amides is 3. The first-order valence-electron chi connectivity index (χ1n) is 22.2. The molecule has 10 rings (SSSR count). The first kappa shape index (κ1) is 40.4. The lowest BCUT2D eigenvalue weighted by atomic mass is 9.75. The summed E-state index contributed by atoms with van der Waals surface area (Å²) in [5.41, 5.74) is 10.5. The molecule has 0 unspecified atom stereocenters. The van der Waals surface area contributed by atoms with Crippen LogP contribution in [-0.4, -0.2) is 67.0 Å². The monoisotopic (exact) mass is 854 g/mol. The smallest absolute Gasteiger partial charge is 0.269 e. The predicted octanol–water partition coefficient (Wildman–Crippen LogP) is 10.1. The fourth-order valence-corrected chi connectivity index (χ4v) is 10.7. The number of carbonyl (C=O) groups excluding carboxylic acids is 3. The molecule has 0 aromatic heterocycles. The second-order valence-corrected chi connectivity index (χ2v) is 16.9. The van der Waals surface area contributed by atoms with Crippen LogP contribution in [0.15, 0.2) is 115 Å². The molecule has 63 heavy (non-hydrogen) atoms. The van der Waals surface area contributed by atoms with E-state index in [0.717, 1.165) is 96.8 Å². The zero-order valence-corrected chi connectivity index (χ0v) is 36.9. The molecule has 4 aliphatic rings. The predicted molar refractivity (Wildman–Crippen MR) is 255 cm³/mol. The first-order valence-corrected chi connectivity index (χ1v) is 22.7. The molecule has 0 bridgehead atoms. The van der Waals surface area contributed by atoms with Crippen LogP contribution in [0.4, 0.5) is 22.7 Å². The molecule has 1 saturated heterocycles. The van der Waals surface area contributed by atoms with Crippen LogP contribution in [0.2, 0.25) is 0 Å². The molecule has 0 aliphatic carbocycles. The van der Waals surface area contributed by atoms with Gasteiger partial charge in [-0.3, -0.25) is 24.8 Å². The number of benzene rings is 6. The van der Waals surface area contributed by atoms with Crippen molar-refractivity contribution in [3.8, 4) is 11.5 Å². The van der Waals surface area contributed by atoms with E-state index in [2.05, 4.69) is 90.3 Å². The third kappa shape index (κ3) is 6.19. The summed E-state index contributed by atoms with van der Waals surface area (Å²) in [7, 11) is 0. The number of rotatable bonds is 10. The highest BCUT2D eigenvalue weighted by Gasteiger charge is 2.56. The molecule has 4 heterocycles. The van der Waals surface area contributed by atoms with Gasteiger partial charge in [-0.2, -0.15) is 0 Å². The van der Waals surface area contributed by atoms with E-state index >= 15 is 0 Å². The Bertz CT molecular complexity index is 2760. The lowest BCUT2D eigenvalue weighted by molar-refractivity contribution is 0.0805. The number of thiocarbonyl (C=S) groups is 1. The Labute approximate surface area is 373 Å². The number of nitrogens with zero attached hydrogens (tertiary/aromatic N) is 5. The average Bonchev–Trinajstić information content (AvgIpc) is 3.55. The van der Waals surface area contributed by atoms with Gasteiger partial charge >= 0.3 is 0 Å². The second-order valence-electron chi connectivity index (χ2n) is 16.5. The van der Waals surface area contributed by atoms with Crippen LogP contribution >= 0.6 is 12.2 Å². The van der Waals surface area contributed by atoms with Crippen LogP contribution in [0, 0.1) is 0 Å². The number of hydrogen-bond donors (Lipinski definition) is 1. The fraction of sp³-hybridized carbons (Fsp3) is 0.269. The Morgan fingerprint density at radius 2 is 1.25 bits per heavy atom. The zero-order valence-electron chi connectivity index (χ0n) is 36.1. The molecule has 6 aromatic rings. The van der Waals surface area contributed by atoms with E-state index in [1.807, 2.05) is 47.5 Å². The van der Waals surface area contributed by atoms with Crippen molar-refractivity contribution in [3.63, 3.8) is 0 Å². The van der Waals surface area contributed by atoms with Crippen LogP contribution in [0.5, 0.6) is 11.5 Å². The molecule has 3 amide bonds. The minimum absolute atomic E-state index is 0.333. The topological polar surface area (TPSA) is 88.7 Å². The Morgan fingerprint density at radius 3 is 1.87 bits per heavy atom. The summed E-state index contributed by atoms with van der Waals surface area (Å²) in [6, 6.07) is 36.9. The molecule has 1 fully saturated rings. The van der Waals surface area contributed by atoms with Crippen molar-refractivity contribution in [2.45, 2.75) is 52.5 Å². The number of imide groups is 1. The van der Waals surface area contributed by atoms with Gasteiger partial charge in [-0.15, -0.1) is 0 Å². The first-order chi connectivity index (χ1) is 30.7. The van der Waals surface area contributed by atoms with Gasteiger partial charge in [-0.05, 0) is 107 Å². The van der Waals surface area contributed by atoms with Gasteiger partial charge in [0.05, 0.1) is 5.69 Å². The molecule has 10 nitrogen and oxygen atoms in total. The summed E-state index contributed by atoms with van der Waals surface area (Å²) < 4.78 is 6.88. The van der Waals surface area contributed by atoms with Gasteiger partial charge in [-0.25, -0.2) is 4.90 Å². The molecular weight excluding hydrogens is 805 g/mol. The highest BCUT2D eigenvalue weighted by molar-refractivity contribution is 7.80. The average molecular weight is 855 g/mol. The number of piperidine rings is 1. The van der Waals surface area contributed by atoms with Gasteiger partial charge in [0, 0.05) is 113 Å². The summed E-state index contributed by atoms with van der Waals surface area (Å²) in [5.74, 6) is 0.184. The van der Waals surface area contributed by atoms with Gasteiger partial charge < -0.3 is 19.4 Å². The van der Waals surface area contributed by atoms with Crippen molar-refractivity contribution in [1.82, 2.24) is 10.4 Å². The molecule has 0 radical (unpaired) electrons. The van der Waals surface area contributed by atoms with Crippen molar-refractivity contribution in [2.75, 3.05) is 58.9 Å². The van der Waals surface area contributed by atoms with Crippen molar-refractivity contribution in [1.29, 1.82) is 0 Å². The maximum Gasteiger partial charge on any atom is 0.269 e. The van der Waals surface area contributed by atoms with E-state index in [0.29, 0.717) is 44.3 Å². The van der Waals surface area contributed by atoms with Crippen molar-refractivity contribution in [3.05, 3.63) is 154 Å². The normalized spacial score (nSPS) is 15.9. The van der Waals surface area contributed by atoms with Crippen LogP contribution in [-0.2, 0) is 5.54 Å². The Morgan fingerprint density at radius 1 is 0.667 bits per heavy atom. The maximum atomic E-state index is 14.7. The van der Waals surface area contributed by atoms with E-state index in [9.17, 15) is 14.4 Å². The third-order valence-electron chi connectivity index (χ3n) is 13.5. The SMILES string of the molecule is CCN(CC)c1ccc2c(c1)Oc1cc(N(CC)CC)ccc1C21c2ccccc2C(=S)N1NC(=O)c1ccc(N2C(=O)c3cccc4c(N5CCCCC5)ccc(c34)C2=O)cc1. The summed E-state index contributed by atoms with van der Waals surface area (Å²) >= 11 is 6.29. The standard InChI is InChI=1S/C52H50N6O4S/c1-5-54(6-2)35-23-26-42-45(31-35)62-46-32-36(55(7-3)8-4)24-27-43(46)52(42)41-18-11-10-15-37(41)51(63)58(52)53-48(59)33-19-21-34(22-20-33)57-49(60)39-17-14-16-38-44(56-29-12-9-13-30-56)28-25-40(47(38)39)50(57)61/h10-11,14-28,31-32H,5-9,12-13,29-30H2,1-4H3,(H,53,59). The number of hydrazine groups is 1. The largest absolute Gasteiger partial charge is 0.456 e. The van der Waals surface area contributed by atoms with Gasteiger partial charge in [0.25, 0.3) is 17.7 Å². The van der Waals surface area contributed by atoms with E-state index in [1.165, 1.54) is 11.3 Å². The molecule has 6 aromatic carbocycles. The van der Waals surface area contributed by atoms with Gasteiger partial charge in [0.2, 0.25) is 0 Å². The zero-order chi connectivity index (χ0) is 43.6. The van der Waals surface area contributed by atoms with E-state index in [-0.39, 0.29) is 0 Å². The summed E-state index contributed by atoms with van der Waals surface area (Å²) in [6.45, 7) is 13.8. The molecule has 318 valence electrons. The minimum Gasteiger partial charge on any atom is -0.456 e. The van der Waals surface area contributed by atoms with E-state index in [4.69, 9.17) is 17.0 Å². The molecule has 1 N–H and O–H groups in total. The van der Waals surface area contributed by atoms with Crippen molar-refractivity contribution >= 4 is 68.4 Å². The third-order valence-corrected chi connectivity index (χ3v) is 13.9. The Balaban J connectivity index is 1.02. The maximum absolute atomic E-state index is 14.7. The Kier molecular flexibility index (Phi) is 10.2. The highest BCUT2D eigenvalue weighted by Crippen LogP contribution is 2.58. The highest BCUT2D eigenvalue weighted by atomic mass is 32.1. The number of nitrogens with one attached hydrogen (secondary N) is 1. The van der Waals surface area contributed by atoms with Crippen LogP contribution < -0.4 is 29.8 Å². The molecular formula is C52H50N6O4S. The molecule has 0 atom stereocenters. The van der Waals surface area contributed by atoms with E-state index in [1.54, 1.807) is 30.3 Å².